The Morgan fingerprint density at radius 2 is 1.69 bits per heavy atom. The molecule has 1 unspecified atom stereocenters. The van der Waals surface area contributed by atoms with Gasteiger partial charge in [0.15, 0.2) is 6.10 Å². The van der Waals surface area contributed by atoms with Crippen LogP contribution in [0.1, 0.15) is 31.1 Å². The summed E-state index contributed by atoms with van der Waals surface area (Å²) in [4.78, 5) is 26.9. The standard InChI is InChI=1S/C20H23ClN2O3/c1-4-23(5-2)20(25)15-10-6-8-12-17(15)22-19(24)14(3)26-18-13-9-7-11-16(18)21/h6-14H,4-5H2,1-3H3,(H,22,24). The lowest BCUT2D eigenvalue weighted by Crippen LogP contribution is -2.33. The topological polar surface area (TPSA) is 58.6 Å². The third-order valence-corrected chi connectivity index (χ3v) is 4.29. The summed E-state index contributed by atoms with van der Waals surface area (Å²) >= 11 is 6.06. The van der Waals surface area contributed by atoms with Crippen LogP contribution in [-0.2, 0) is 4.79 Å². The van der Waals surface area contributed by atoms with E-state index in [2.05, 4.69) is 5.32 Å². The third kappa shape index (κ3) is 4.76. The number of ether oxygens (including phenoxy) is 1. The van der Waals surface area contributed by atoms with E-state index >= 15 is 0 Å². The van der Waals surface area contributed by atoms with E-state index in [0.29, 0.717) is 35.1 Å². The van der Waals surface area contributed by atoms with E-state index < -0.39 is 6.10 Å². The van der Waals surface area contributed by atoms with Gasteiger partial charge in [0.25, 0.3) is 11.8 Å². The fraction of sp³-hybridized carbons (Fsp3) is 0.300. The average molecular weight is 375 g/mol. The van der Waals surface area contributed by atoms with Crippen molar-refractivity contribution in [3.05, 3.63) is 59.1 Å². The molecule has 1 atom stereocenters. The molecule has 5 nitrogen and oxygen atoms in total. The zero-order valence-corrected chi connectivity index (χ0v) is 15.9. The fourth-order valence-corrected chi connectivity index (χ4v) is 2.66. The normalized spacial score (nSPS) is 11.5. The van der Waals surface area contributed by atoms with Gasteiger partial charge in [0.1, 0.15) is 5.75 Å². The maximum Gasteiger partial charge on any atom is 0.265 e. The van der Waals surface area contributed by atoms with Crippen molar-refractivity contribution in [2.75, 3.05) is 18.4 Å². The molecule has 0 saturated heterocycles. The Morgan fingerprint density at radius 3 is 2.35 bits per heavy atom. The third-order valence-electron chi connectivity index (χ3n) is 3.98. The van der Waals surface area contributed by atoms with E-state index in [1.165, 1.54) is 0 Å². The Kier molecular flexibility index (Phi) is 7.04. The molecule has 26 heavy (non-hydrogen) atoms. The Bertz CT molecular complexity index is 775. The van der Waals surface area contributed by atoms with Crippen LogP contribution in [0, 0.1) is 0 Å². The number of halogens is 1. The summed E-state index contributed by atoms with van der Waals surface area (Å²) in [6.45, 7) is 6.67. The summed E-state index contributed by atoms with van der Waals surface area (Å²) in [5, 5.41) is 3.21. The van der Waals surface area contributed by atoms with Crippen LogP contribution in [0.15, 0.2) is 48.5 Å². The number of carbonyl (C=O) groups excluding carboxylic acids is 2. The van der Waals surface area contributed by atoms with Gasteiger partial charge in [-0.2, -0.15) is 0 Å². The molecular weight excluding hydrogens is 352 g/mol. The number of nitrogens with one attached hydrogen (secondary N) is 1. The highest BCUT2D eigenvalue weighted by molar-refractivity contribution is 6.32. The number of nitrogens with zero attached hydrogens (tertiary/aromatic N) is 1. The molecule has 2 rings (SSSR count). The molecule has 2 aromatic carbocycles. The number of anilines is 1. The maximum atomic E-state index is 12.6. The number of rotatable bonds is 7. The highest BCUT2D eigenvalue weighted by atomic mass is 35.5. The summed E-state index contributed by atoms with van der Waals surface area (Å²) in [6.07, 6.45) is -0.772. The SMILES string of the molecule is CCN(CC)C(=O)c1ccccc1NC(=O)C(C)Oc1ccccc1Cl. The van der Waals surface area contributed by atoms with Crippen LogP contribution in [0.4, 0.5) is 5.69 Å². The van der Waals surface area contributed by atoms with Crippen molar-refractivity contribution in [3.8, 4) is 5.75 Å². The second kappa shape index (κ2) is 9.25. The van der Waals surface area contributed by atoms with Crippen LogP contribution in [0.2, 0.25) is 5.02 Å². The molecule has 0 heterocycles. The smallest absolute Gasteiger partial charge is 0.265 e. The van der Waals surface area contributed by atoms with Gasteiger partial charge in [-0.1, -0.05) is 35.9 Å². The molecule has 0 saturated carbocycles. The lowest BCUT2D eigenvalue weighted by molar-refractivity contribution is -0.122. The van der Waals surface area contributed by atoms with E-state index in [-0.39, 0.29) is 11.8 Å². The van der Waals surface area contributed by atoms with Gasteiger partial charge < -0.3 is 15.0 Å². The highest BCUT2D eigenvalue weighted by Crippen LogP contribution is 2.25. The Morgan fingerprint density at radius 1 is 1.08 bits per heavy atom. The minimum absolute atomic E-state index is 0.120. The molecule has 0 fully saturated rings. The number of hydrogen-bond acceptors (Lipinski definition) is 3. The number of amides is 2. The second-order valence-corrected chi connectivity index (χ2v) is 6.11. The minimum atomic E-state index is -0.772. The van der Waals surface area contributed by atoms with Crippen molar-refractivity contribution >= 4 is 29.1 Å². The Hall–Kier alpha value is -2.53. The van der Waals surface area contributed by atoms with Gasteiger partial charge in [-0.25, -0.2) is 0 Å². The summed E-state index contributed by atoms with van der Waals surface area (Å²) in [5.74, 6) is -0.0420. The number of carbonyl (C=O) groups is 2. The lowest BCUT2D eigenvalue weighted by atomic mass is 10.1. The minimum Gasteiger partial charge on any atom is -0.479 e. The summed E-state index contributed by atoms with van der Waals surface area (Å²) in [7, 11) is 0. The molecule has 0 aliphatic heterocycles. The largest absolute Gasteiger partial charge is 0.479 e. The number of benzene rings is 2. The van der Waals surface area contributed by atoms with Crippen LogP contribution < -0.4 is 10.1 Å². The lowest BCUT2D eigenvalue weighted by Gasteiger charge is -2.21. The highest BCUT2D eigenvalue weighted by Gasteiger charge is 2.21. The number of hydrogen-bond donors (Lipinski definition) is 1. The zero-order chi connectivity index (χ0) is 19.1. The van der Waals surface area contributed by atoms with Gasteiger partial charge in [0.2, 0.25) is 0 Å². The first-order valence-corrected chi connectivity index (χ1v) is 8.96. The van der Waals surface area contributed by atoms with E-state index in [4.69, 9.17) is 16.3 Å². The van der Waals surface area contributed by atoms with Crippen molar-refractivity contribution in [1.82, 2.24) is 4.90 Å². The molecular formula is C20H23ClN2O3. The maximum absolute atomic E-state index is 12.6. The van der Waals surface area contributed by atoms with Gasteiger partial charge in [-0.05, 0) is 45.0 Å². The summed E-state index contributed by atoms with van der Waals surface area (Å²) < 4.78 is 5.63. The van der Waals surface area contributed by atoms with E-state index in [1.807, 2.05) is 13.8 Å². The Labute approximate surface area is 158 Å². The first kappa shape index (κ1) is 19.8. The first-order valence-electron chi connectivity index (χ1n) is 8.58. The van der Waals surface area contributed by atoms with Crippen LogP contribution >= 0.6 is 11.6 Å². The average Bonchev–Trinajstić information content (AvgIpc) is 2.64. The molecule has 0 aliphatic carbocycles. The summed E-state index contributed by atoms with van der Waals surface area (Å²) in [6, 6.07) is 13.9. The zero-order valence-electron chi connectivity index (χ0n) is 15.2. The van der Waals surface area contributed by atoms with Gasteiger partial charge in [-0.15, -0.1) is 0 Å². The van der Waals surface area contributed by atoms with Gasteiger partial charge in [0.05, 0.1) is 16.3 Å². The monoisotopic (exact) mass is 374 g/mol. The van der Waals surface area contributed by atoms with E-state index in [1.54, 1.807) is 60.4 Å². The van der Waals surface area contributed by atoms with E-state index in [0.717, 1.165) is 0 Å². The van der Waals surface area contributed by atoms with Gasteiger partial charge in [0, 0.05) is 13.1 Å². The molecule has 2 amide bonds. The Balaban J connectivity index is 2.14. The van der Waals surface area contributed by atoms with Gasteiger partial charge >= 0.3 is 0 Å². The fourth-order valence-electron chi connectivity index (χ4n) is 2.48. The molecule has 0 bridgehead atoms. The molecule has 2 aromatic rings. The van der Waals surface area contributed by atoms with Crippen molar-refractivity contribution in [2.24, 2.45) is 0 Å². The molecule has 6 heteroatoms. The van der Waals surface area contributed by atoms with Crippen molar-refractivity contribution in [1.29, 1.82) is 0 Å². The summed E-state index contributed by atoms with van der Waals surface area (Å²) in [5.41, 5.74) is 0.915. The molecule has 1 N–H and O–H groups in total. The van der Waals surface area contributed by atoms with Crippen molar-refractivity contribution < 1.29 is 14.3 Å². The molecule has 0 spiro atoms. The van der Waals surface area contributed by atoms with Crippen molar-refractivity contribution in [3.63, 3.8) is 0 Å². The quantitative estimate of drug-likeness (QED) is 0.789. The molecule has 0 radical (unpaired) electrons. The van der Waals surface area contributed by atoms with Crippen LogP contribution in [-0.4, -0.2) is 35.9 Å². The van der Waals surface area contributed by atoms with E-state index in [9.17, 15) is 9.59 Å². The van der Waals surface area contributed by atoms with Crippen LogP contribution in [0.25, 0.3) is 0 Å². The first-order chi connectivity index (χ1) is 12.5. The van der Waals surface area contributed by atoms with Crippen LogP contribution in [0.3, 0.4) is 0 Å². The predicted molar refractivity (Wildman–Crippen MR) is 104 cm³/mol. The van der Waals surface area contributed by atoms with Gasteiger partial charge in [-0.3, -0.25) is 9.59 Å². The second-order valence-electron chi connectivity index (χ2n) is 5.70. The van der Waals surface area contributed by atoms with Crippen LogP contribution in [0.5, 0.6) is 5.75 Å². The molecule has 0 aliphatic rings. The van der Waals surface area contributed by atoms with Crippen molar-refractivity contribution in [2.45, 2.75) is 26.9 Å². The molecule has 138 valence electrons. The number of para-hydroxylation sites is 2. The predicted octanol–water partition coefficient (Wildman–Crippen LogP) is 4.23. The molecule has 0 aromatic heterocycles.